The Balaban J connectivity index is 1.95. The number of pyridine rings is 1. The van der Waals surface area contributed by atoms with Crippen molar-refractivity contribution in [3.05, 3.63) is 48.7 Å². The van der Waals surface area contributed by atoms with Gasteiger partial charge in [0.05, 0.1) is 36.4 Å². The van der Waals surface area contributed by atoms with E-state index in [0.717, 1.165) is 45.2 Å². The lowest BCUT2D eigenvalue weighted by atomic mass is 9.94. The van der Waals surface area contributed by atoms with Crippen molar-refractivity contribution in [2.24, 2.45) is 0 Å². The summed E-state index contributed by atoms with van der Waals surface area (Å²) < 4.78 is 12.4. The van der Waals surface area contributed by atoms with Gasteiger partial charge in [0, 0.05) is 21.9 Å². The van der Waals surface area contributed by atoms with Gasteiger partial charge in [-0.25, -0.2) is 4.98 Å². The fourth-order valence-electron chi connectivity index (χ4n) is 3.59. The number of methoxy groups -OCH3 is 1. The molecule has 0 spiro atoms. The monoisotopic (exact) mass is 528 g/mol. The van der Waals surface area contributed by atoms with E-state index in [1.165, 1.54) is 0 Å². The van der Waals surface area contributed by atoms with Crippen LogP contribution in [0.4, 0.5) is 0 Å². The highest BCUT2D eigenvalue weighted by Gasteiger charge is 2.30. The van der Waals surface area contributed by atoms with Crippen LogP contribution < -0.4 is 9.47 Å². The van der Waals surface area contributed by atoms with Gasteiger partial charge in [-0.3, -0.25) is 4.79 Å². The Morgan fingerprint density at radius 3 is 2.76 bits per heavy atom. The van der Waals surface area contributed by atoms with Gasteiger partial charge in [-0.05, 0) is 66.5 Å². The summed E-state index contributed by atoms with van der Waals surface area (Å²) in [7, 11) is 1.63. The summed E-state index contributed by atoms with van der Waals surface area (Å²) in [5, 5.41) is 0.536. The molecular weight excluding hydrogens is 503 g/mol. The number of benzene rings is 1. The highest BCUT2D eigenvalue weighted by molar-refractivity contribution is 14.1. The fourth-order valence-corrected chi connectivity index (χ4v) is 4.57. The van der Waals surface area contributed by atoms with Crippen molar-refractivity contribution < 1.29 is 14.3 Å². The Morgan fingerprint density at radius 1 is 1.31 bits per heavy atom. The molecule has 0 radical (unpaired) electrons. The third-order valence-electron chi connectivity index (χ3n) is 5.16. The molecule has 0 bridgehead atoms. The Morgan fingerprint density at radius 2 is 2.07 bits per heavy atom. The number of rotatable bonds is 7. The second-order valence-electron chi connectivity index (χ2n) is 7.27. The molecule has 5 nitrogen and oxygen atoms in total. The van der Waals surface area contributed by atoms with Crippen LogP contribution in [0.25, 0.3) is 0 Å². The number of halogens is 2. The minimum absolute atomic E-state index is 0.0556. The molecule has 1 amide bonds. The van der Waals surface area contributed by atoms with Crippen molar-refractivity contribution in [1.29, 1.82) is 0 Å². The summed E-state index contributed by atoms with van der Waals surface area (Å²) in [5.74, 6) is 1.17. The van der Waals surface area contributed by atoms with Crippen LogP contribution in [0.3, 0.4) is 0 Å². The van der Waals surface area contributed by atoms with Gasteiger partial charge in [0.25, 0.3) is 5.91 Å². The molecular formula is C22H26ClIN2O3. The number of nitrogens with zero attached hydrogens (tertiary/aromatic N) is 2. The van der Waals surface area contributed by atoms with Crippen LogP contribution in [0.5, 0.6) is 11.6 Å². The van der Waals surface area contributed by atoms with Crippen molar-refractivity contribution in [1.82, 2.24) is 9.88 Å². The van der Waals surface area contributed by atoms with Gasteiger partial charge in [-0.1, -0.05) is 24.9 Å². The number of amides is 1. The number of hydrogen-bond acceptors (Lipinski definition) is 4. The third-order valence-corrected chi connectivity index (χ3v) is 6.72. The summed E-state index contributed by atoms with van der Waals surface area (Å²) in [6, 6.07) is 3.92. The molecule has 0 unspecified atom stereocenters. The van der Waals surface area contributed by atoms with E-state index in [1.54, 1.807) is 7.11 Å². The normalized spacial score (nSPS) is 13.4. The molecule has 1 aromatic carbocycles. The van der Waals surface area contributed by atoms with E-state index in [1.807, 2.05) is 30.9 Å². The molecule has 1 aromatic heterocycles. The first-order chi connectivity index (χ1) is 13.9. The molecule has 0 saturated heterocycles. The summed E-state index contributed by atoms with van der Waals surface area (Å²) >= 11 is 8.71. The average molecular weight is 529 g/mol. The first kappa shape index (κ1) is 22.2. The molecule has 0 saturated carbocycles. The van der Waals surface area contributed by atoms with Crippen molar-refractivity contribution in [3.63, 3.8) is 0 Å². The second kappa shape index (κ2) is 9.51. The zero-order valence-electron chi connectivity index (χ0n) is 17.3. The molecule has 29 heavy (non-hydrogen) atoms. The number of ether oxygens (including phenoxy) is 2. The largest absolute Gasteiger partial charge is 0.496 e. The molecule has 2 aromatic rings. The van der Waals surface area contributed by atoms with Crippen LogP contribution >= 0.6 is 34.2 Å². The number of aromatic nitrogens is 1. The van der Waals surface area contributed by atoms with Crippen molar-refractivity contribution in [2.75, 3.05) is 20.3 Å². The van der Waals surface area contributed by atoms with Crippen LogP contribution in [-0.4, -0.2) is 36.1 Å². The van der Waals surface area contributed by atoms with E-state index in [4.69, 9.17) is 21.1 Å². The van der Waals surface area contributed by atoms with E-state index < -0.39 is 0 Å². The lowest BCUT2D eigenvalue weighted by Gasteiger charge is -2.31. The molecule has 3 rings (SSSR count). The molecule has 1 aliphatic rings. The number of hydrogen-bond donors (Lipinski definition) is 0. The molecule has 0 fully saturated rings. The second-order valence-corrected chi connectivity index (χ2v) is 8.81. The summed E-state index contributed by atoms with van der Waals surface area (Å²) in [6.07, 6.45) is 2.76. The number of aryl methyl sites for hydroxylation is 2. The Bertz CT molecular complexity index is 933. The minimum atomic E-state index is -0.0556. The maximum atomic E-state index is 13.3. The SMILES string of the molecule is CCCCOc1nc(C)cc(OC)c1CN1CCc2c(C)cc(I)c(Cl)c2C1=O. The molecule has 7 heteroatoms. The van der Waals surface area contributed by atoms with Crippen LogP contribution in [0.1, 0.15) is 52.5 Å². The van der Waals surface area contributed by atoms with Gasteiger partial charge in [-0.2, -0.15) is 0 Å². The van der Waals surface area contributed by atoms with Crippen molar-refractivity contribution in [3.8, 4) is 11.6 Å². The van der Waals surface area contributed by atoms with E-state index in [2.05, 4.69) is 34.5 Å². The molecule has 156 valence electrons. The third kappa shape index (κ3) is 4.63. The van der Waals surface area contributed by atoms with Crippen molar-refractivity contribution in [2.45, 2.75) is 46.6 Å². The zero-order chi connectivity index (χ0) is 21.1. The summed E-state index contributed by atoms with van der Waals surface area (Å²) in [5.41, 5.74) is 4.39. The van der Waals surface area contributed by atoms with Crippen LogP contribution in [0, 0.1) is 17.4 Å². The number of fused-ring (bicyclic) bond motifs is 1. The smallest absolute Gasteiger partial charge is 0.256 e. The van der Waals surface area contributed by atoms with E-state index in [9.17, 15) is 4.79 Å². The predicted octanol–water partition coefficient (Wildman–Crippen LogP) is 5.34. The standard InChI is InChI=1S/C22H26ClIN2O3/c1-5-6-9-29-21-16(18(28-4)11-14(3)25-21)12-26-8-7-15-13(2)10-17(24)20(23)19(15)22(26)27/h10-11H,5-9,12H2,1-4H3. The van der Waals surface area contributed by atoms with Gasteiger partial charge < -0.3 is 14.4 Å². The number of carbonyl (C=O) groups is 1. The molecule has 0 N–H and O–H groups in total. The molecule has 0 atom stereocenters. The number of unbranched alkanes of at least 4 members (excludes halogenated alkanes) is 1. The Kier molecular flexibility index (Phi) is 7.27. The Labute approximate surface area is 190 Å². The zero-order valence-corrected chi connectivity index (χ0v) is 20.2. The van der Waals surface area contributed by atoms with Gasteiger partial charge in [-0.15, -0.1) is 0 Å². The predicted molar refractivity (Wildman–Crippen MR) is 123 cm³/mol. The topological polar surface area (TPSA) is 51.7 Å². The summed E-state index contributed by atoms with van der Waals surface area (Å²) in [4.78, 5) is 19.7. The summed E-state index contributed by atoms with van der Waals surface area (Å²) in [6.45, 7) is 7.64. The van der Waals surface area contributed by atoms with E-state index in [0.29, 0.717) is 41.9 Å². The van der Waals surface area contributed by atoms with Gasteiger partial charge in [0.15, 0.2) is 0 Å². The van der Waals surface area contributed by atoms with Gasteiger partial charge in [0.1, 0.15) is 5.75 Å². The Hall–Kier alpha value is -1.54. The van der Waals surface area contributed by atoms with E-state index in [-0.39, 0.29) is 5.91 Å². The lowest BCUT2D eigenvalue weighted by molar-refractivity contribution is 0.0723. The van der Waals surface area contributed by atoms with Crippen molar-refractivity contribution >= 4 is 40.1 Å². The van der Waals surface area contributed by atoms with Crippen LogP contribution in [0.2, 0.25) is 5.02 Å². The molecule has 2 heterocycles. The lowest BCUT2D eigenvalue weighted by Crippen LogP contribution is -2.38. The van der Waals surface area contributed by atoms with Crippen LogP contribution in [-0.2, 0) is 13.0 Å². The van der Waals surface area contributed by atoms with Crippen LogP contribution in [0.15, 0.2) is 12.1 Å². The fraction of sp³-hybridized carbons (Fsp3) is 0.455. The highest BCUT2D eigenvalue weighted by atomic mass is 127. The first-order valence-corrected chi connectivity index (χ1v) is 11.3. The molecule has 1 aliphatic heterocycles. The van der Waals surface area contributed by atoms with Gasteiger partial charge >= 0.3 is 0 Å². The maximum Gasteiger partial charge on any atom is 0.256 e. The van der Waals surface area contributed by atoms with E-state index >= 15 is 0 Å². The van der Waals surface area contributed by atoms with Gasteiger partial charge in [0.2, 0.25) is 5.88 Å². The number of carbonyl (C=O) groups excluding carboxylic acids is 1. The average Bonchev–Trinajstić information content (AvgIpc) is 2.69. The highest BCUT2D eigenvalue weighted by Crippen LogP contribution is 2.35. The first-order valence-electron chi connectivity index (χ1n) is 9.81. The minimum Gasteiger partial charge on any atom is -0.496 e. The molecule has 0 aliphatic carbocycles. The maximum absolute atomic E-state index is 13.3. The quantitative estimate of drug-likeness (QED) is 0.359.